The molecule has 0 heterocycles. The van der Waals surface area contributed by atoms with Crippen molar-refractivity contribution in [2.75, 3.05) is 6.54 Å². The van der Waals surface area contributed by atoms with Crippen LogP contribution in [0.1, 0.15) is 12.8 Å². The fourth-order valence-electron chi connectivity index (χ4n) is 1.99. The van der Waals surface area contributed by atoms with Crippen molar-refractivity contribution in [1.82, 2.24) is 5.43 Å². The minimum absolute atomic E-state index is 0.692. The van der Waals surface area contributed by atoms with Gasteiger partial charge in [-0.25, -0.2) is 0 Å². The molecule has 0 aliphatic rings. The summed E-state index contributed by atoms with van der Waals surface area (Å²) >= 11 is 0. The van der Waals surface area contributed by atoms with Crippen LogP contribution in [0.5, 0.6) is 0 Å². The lowest BCUT2D eigenvalue weighted by Crippen LogP contribution is -2.23. The smallest absolute Gasteiger partial charge is 0.0138 e. The molecule has 0 aliphatic carbocycles. The Kier molecular flexibility index (Phi) is 13.0. The Hall–Kier alpha value is -2.42. The summed E-state index contributed by atoms with van der Waals surface area (Å²) < 4.78 is 0. The molecule has 0 bridgehead atoms. The Morgan fingerprint density at radius 1 is 0.870 bits per heavy atom. The minimum Gasteiger partial charge on any atom is -0.271 e. The summed E-state index contributed by atoms with van der Waals surface area (Å²) in [5.41, 5.74) is 6.18. The van der Waals surface area contributed by atoms with E-state index in [-0.39, 0.29) is 0 Å². The van der Waals surface area contributed by atoms with Gasteiger partial charge < -0.3 is 0 Å². The number of rotatable bonds is 12. The van der Waals surface area contributed by atoms with Crippen molar-refractivity contribution in [1.29, 1.82) is 0 Å². The number of allylic oxidation sites excluding steroid dienone is 13. The number of hydrogen-bond donors (Lipinski definition) is 2. The van der Waals surface area contributed by atoms with Crippen LogP contribution in [-0.2, 0) is 0 Å². The summed E-state index contributed by atoms with van der Waals surface area (Å²) in [6.07, 6.45) is 22.6. The molecule has 0 rings (SSSR count). The van der Waals surface area contributed by atoms with Crippen molar-refractivity contribution in [2.24, 2.45) is 5.84 Å². The molecule has 0 amide bonds. The van der Waals surface area contributed by atoms with Crippen LogP contribution in [0.3, 0.4) is 0 Å². The van der Waals surface area contributed by atoms with Crippen LogP contribution in [0.4, 0.5) is 0 Å². The zero-order valence-electron chi connectivity index (χ0n) is 13.9. The monoisotopic (exact) mass is 308 g/mol. The Balaban J connectivity index is 5.92. The fourth-order valence-corrected chi connectivity index (χ4v) is 1.99. The molecule has 0 saturated heterocycles. The van der Waals surface area contributed by atoms with Crippen LogP contribution in [0, 0.1) is 0 Å². The Labute approximate surface area is 141 Å². The zero-order valence-corrected chi connectivity index (χ0v) is 13.9. The van der Waals surface area contributed by atoms with E-state index in [0.29, 0.717) is 6.54 Å². The van der Waals surface area contributed by atoms with Crippen LogP contribution < -0.4 is 11.3 Å². The summed E-state index contributed by atoms with van der Waals surface area (Å²) in [6, 6.07) is 0. The molecule has 3 N–H and O–H groups in total. The van der Waals surface area contributed by atoms with Crippen molar-refractivity contribution in [3.63, 3.8) is 0 Å². The minimum atomic E-state index is 0.692. The average molecular weight is 308 g/mol. The molecule has 122 valence electrons. The molecular formula is C21H28N2. The summed E-state index contributed by atoms with van der Waals surface area (Å²) in [5, 5.41) is 0. The van der Waals surface area contributed by atoms with E-state index in [1.165, 1.54) is 11.1 Å². The SMILES string of the molecule is C=C\C=C/C=C\C(CCNN)=C(CC=C)\C(\C=C/C=C)=C\C=C. The predicted molar refractivity (Wildman–Crippen MR) is 105 cm³/mol. The van der Waals surface area contributed by atoms with Crippen LogP contribution in [0.15, 0.2) is 110 Å². The third kappa shape index (κ3) is 9.25. The summed E-state index contributed by atoms with van der Waals surface area (Å²) in [5.74, 6) is 5.44. The van der Waals surface area contributed by atoms with E-state index < -0.39 is 0 Å². The number of hydrogen-bond acceptors (Lipinski definition) is 2. The van der Waals surface area contributed by atoms with Crippen LogP contribution >= 0.6 is 0 Å². The fraction of sp³-hybridized carbons (Fsp3) is 0.143. The molecule has 0 saturated carbocycles. The number of nitrogens with two attached hydrogens (primary N) is 1. The van der Waals surface area contributed by atoms with Crippen molar-refractivity contribution in [2.45, 2.75) is 12.8 Å². The second-order valence-corrected chi connectivity index (χ2v) is 4.63. The normalized spacial score (nSPS) is 13.5. The van der Waals surface area contributed by atoms with Crippen molar-refractivity contribution in [3.05, 3.63) is 110 Å². The van der Waals surface area contributed by atoms with E-state index >= 15 is 0 Å². The van der Waals surface area contributed by atoms with Crippen molar-refractivity contribution in [3.8, 4) is 0 Å². The molecule has 0 aromatic carbocycles. The first-order chi connectivity index (χ1) is 11.2. The second kappa shape index (κ2) is 14.5. The van der Waals surface area contributed by atoms with E-state index in [1.807, 2.05) is 42.5 Å². The lowest BCUT2D eigenvalue weighted by molar-refractivity contribution is 0.727. The van der Waals surface area contributed by atoms with Gasteiger partial charge in [0.2, 0.25) is 0 Å². The highest BCUT2D eigenvalue weighted by Gasteiger charge is 2.06. The van der Waals surface area contributed by atoms with E-state index in [2.05, 4.69) is 37.8 Å². The first-order valence-electron chi connectivity index (χ1n) is 7.59. The van der Waals surface area contributed by atoms with E-state index in [9.17, 15) is 0 Å². The van der Waals surface area contributed by atoms with Gasteiger partial charge in [-0.1, -0.05) is 86.6 Å². The van der Waals surface area contributed by atoms with Gasteiger partial charge in [-0.2, -0.15) is 0 Å². The highest BCUT2D eigenvalue weighted by atomic mass is 15.2. The van der Waals surface area contributed by atoms with Crippen molar-refractivity contribution >= 4 is 0 Å². The molecular weight excluding hydrogens is 280 g/mol. The molecule has 2 nitrogen and oxygen atoms in total. The number of nitrogens with one attached hydrogen (secondary N) is 1. The standard InChI is InChI=1S/C21H28N2/c1-5-9-11-12-16-20(17-18-23-22)21(14-8-4)19(13-7-3)15-10-6-2/h5-13,15-16,23H,1-4,14,17-18,22H2/b11-9-,15-10-,16-12-,19-13+,21-20-. The van der Waals surface area contributed by atoms with Crippen LogP contribution in [0.25, 0.3) is 0 Å². The molecule has 0 fully saturated rings. The molecule has 0 aromatic rings. The van der Waals surface area contributed by atoms with E-state index in [0.717, 1.165) is 18.4 Å². The van der Waals surface area contributed by atoms with Gasteiger partial charge in [0.25, 0.3) is 0 Å². The topological polar surface area (TPSA) is 38.0 Å². The first kappa shape index (κ1) is 20.6. The van der Waals surface area contributed by atoms with Gasteiger partial charge in [-0.05, 0) is 29.6 Å². The largest absolute Gasteiger partial charge is 0.271 e. The lowest BCUT2D eigenvalue weighted by Gasteiger charge is -2.13. The van der Waals surface area contributed by atoms with Gasteiger partial charge >= 0.3 is 0 Å². The second-order valence-electron chi connectivity index (χ2n) is 4.63. The number of hydrazine groups is 1. The molecule has 0 aliphatic heterocycles. The third-order valence-electron chi connectivity index (χ3n) is 2.99. The Morgan fingerprint density at radius 3 is 2.17 bits per heavy atom. The van der Waals surface area contributed by atoms with Gasteiger partial charge in [0.05, 0.1) is 0 Å². The molecule has 2 heteroatoms. The quantitative estimate of drug-likeness (QED) is 0.234. The summed E-state index contributed by atoms with van der Waals surface area (Å²) in [6.45, 7) is 15.8. The maximum atomic E-state index is 5.44. The van der Waals surface area contributed by atoms with Gasteiger partial charge in [-0.3, -0.25) is 11.3 Å². The Bertz CT molecular complexity index is 540. The van der Waals surface area contributed by atoms with Gasteiger partial charge in [-0.15, -0.1) is 6.58 Å². The molecule has 0 radical (unpaired) electrons. The maximum absolute atomic E-state index is 5.44. The van der Waals surface area contributed by atoms with E-state index in [1.54, 1.807) is 18.2 Å². The first-order valence-corrected chi connectivity index (χ1v) is 7.59. The highest BCUT2D eigenvalue weighted by molar-refractivity contribution is 5.49. The van der Waals surface area contributed by atoms with Gasteiger partial charge in [0.1, 0.15) is 0 Å². The maximum Gasteiger partial charge on any atom is 0.0138 e. The third-order valence-corrected chi connectivity index (χ3v) is 2.99. The van der Waals surface area contributed by atoms with Crippen molar-refractivity contribution < 1.29 is 0 Å². The van der Waals surface area contributed by atoms with Gasteiger partial charge in [0, 0.05) is 6.54 Å². The predicted octanol–water partition coefficient (Wildman–Crippen LogP) is 4.87. The molecule has 0 aromatic heterocycles. The summed E-state index contributed by atoms with van der Waals surface area (Å²) in [7, 11) is 0. The summed E-state index contributed by atoms with van der Waals surface area (Å²) in [4.78, 5) is 0. The molecule has 23 heavy (non-hydrogen) atoms. The average Bonchev–Trinajstić information content (AvgIpc) is 2.56. The lowest BCUT2D eigenvalue weighted by atomic mass is 9.93. The molecule has 0 spiro atoms. The van der Waals surface area contributed by atoms with Crippen LogP contribution in [-0.4, -0.2) is 6.54 Å². The zero-order chi connectivity index (χ0) is 17.3. The Morgan fingerprint density at radius 2 is 1.61 bits per heavy atom. The van der Waals surface area contributed by atoms with E-state index in [4.69, 9.17) is 5.84 Å². The molecule has 0 atom stereocenters. The molecule has 0 unspecified atom stereocenters. The van der Waals surface area contributed by atoms with Crippen LogP contribution in [0.2, 0.25) is 0 Å². The van der Waals surface area contributed by atoms with Gasteiger partial charge in [0.15, 0.2) is 0 Å². The highest BCUT2D eigenvalue weighted by Crippen LogP contribution is 2.24.